The fourth-order valence-electron chi connectivity index (χ4n) is 2.62. The molecule has 0 spiro atoms. The average Bonchev–Trinajstić information content (AvgIpc) is 3.06. The molecular formula is C17H14N2O5. The summed E-state index contributed by atoms with van der Waals surface area (Å²) in [6, 6.07) is 10.6. The molecule has 0 atom stereocenters. The summed E-state index contributed by atoms with van der Waals surface area (Å²) < 4.78 is 16.0. The maximum Gasteiger partial charge on any atom is 0.262 e. The molecule has 0 saturated heterocycles. The Kier molecular flexibility index (Phi) is 3.45. The monoisotopic (exact) mass is 326 g/mol. The summed E-state index contributed by atoms with van der Waals surface area (Å²) in [6.45, 7) is 0.454. The smallest absolute Gasteiger partial charge is 0.262 e. The maximum atomic E-state index is 12.4. The predicted octanol–water partition coefficient (Wildman–Crippen LogP) is 1.68. The number of hydrogen-bond donors (Lipinski definition) is 2. The van der Waals surface area contributed by atoms with Crippen molar-refractivity contribution in [1.82, 2.24) is 5.32 Å². The lowest BCUT2D eigenvalue weighted by Gasteiger charge is -2.20. The van der Waals surface area contributed by atoms with Gasteiger partial charge in [-0.15, -0.1) is 0 Å². The molecule has 0 unspecified atom stereocenters. The van der Waals surface area contributed by atoms with Gasteiger partial charge in [0, 0.05) is 6.54 Å². The van der Waals surface area contributed by atoms with Gasteiger partial charge in [0.05, 0.1) is 11.3 Å². The Morgan fingerprint density at radius 2 is 2.00 bits per heavy atom. The molecule has 7 nitrogen and oxygen atoms in total. The third kappa shape index (κ3) is 2.60. The molecule has 7 heteroatoms. The highest BCUT2D eigenvalue weighted by Gasteiger charge is 2.22. The van der Waals surface area contributed by atoms with Crippen molar-refractivity contribution in [2.75, 3.05) is 18.7 Å². The van der Waals surface area contributed by atoms with Gasteiger partial charge in [-0.05, 0) is 29.8 Å². The van der Waals surface area contributed by atoms with E-state index >= 15 is 0 Å². The van der Waals surface area contributed by atoms with E-state index in [4.69, 9.17) is 14.2 Å². The van der Waals surface area contributed by atoms with Gasteiger partial charge in [0.2, 0.25) is 6.79 Å². The normalized spacial score (nSPS) is 14.4. The largest absolute Gasteiger partial charge is 0.481 e. The fraction of sp³-hybridized carbons (Fsp3) is 0.176. The molecule has 0 radical (unpaired) electrons. The Balaban J connectivity index is 1.49. The molecule has 2 aromatic carbocycles. The van der Waals surface area contributed by atoms with E-state index in [9.17, 15) is 9.59 Å². The van der Waals surface area contributed by atoms with Crippen LogP contribution in [0.1, 0.15) is 15.9 Å². The van der Waals surface area contributed by atoms with Crippen LogP contribution in [0.2, 0.25) is 0 Å². The van der Waals surface area contributed by atoms with Gasteiger partial charge in [-0.3, -0.25) is 9.59 Å². The third-order valence-corrected chi connectivity index (χ3v) is 3.77. The maximum absolute atomic E-state index is 12.4. The lowest BCUT2D eigenvalue weighted by molar-refractivity contribution is -0.118. The molecule has 0 bridgehead atoms. The number of fused-ring (bicyclic) bond motifs is 2. The van der Waals surface area contributed by atoms with Crippen LogP contribution < -0.4 is 24.8 Å². The standard InChI is InChI=1S/C17H14N2O5/c20-15-8-22-16-11(2-1-3-12(16)19-15)17(21)18-7-10-4-5-13-14(6-10)24-9-23-13/h1-6H,7-9H2,(H,18,21)(H,19,20). The summed E-state index contributed by atoms with van der Waals surface area (Å²) in [5.41, 5.74) is 1.78. The van der Waals surface area contributed by atoms with Crippen LogP contribution in [-0.2, 0) is 11.3 Å². The zero-order valence-corrected chi connectivity index (χ0v) is 12.6. The molecule has 2 heterocycles. The lowest BCUT2D eigenvalue weighted by atomic mass is 10.1. The summed E-state index contributed by atoms with van der Waals surface area (Å²) in [5, 5.41) is 5.52. The van der Waals surface area contributed by atoms with E-state index < -0.39 is 0 Å². The van der Waals surface area contributed by atoms with Gasteiger partial charge < -0.3 is 24.8 Å². The second-order valence-corrected chi connectivity index (χ2v) is 5.39. The Labute approximate surface area is 137 Å². The summed E-state index contributed by atoms with van der Waals surface area (Å²) in [5.74, 6) is 1.25. The zero-order chi connectivity index (χ0) is 16.5. The number of amides is 2. The van der Waals surface area contributed by atoms with Gasteiger partial charge >= 0.3 is 0 Å². The molecular weight excluding hydrogens is 312 g/mol. The summed E-state index contributed by atoms with van der Waals surface area (Å²) in [4.78, 5) is 23.8. The first-order valence-electron chi connectivity index (χ1n) is 7.43. The Morgan fingerprint density at radius 3 is 2.92 bits per heavy atom. The van der Waals surface area contributed by atoms with Crippen LogP contribution in [-0.4, -0.2) is 25.2 Å². The molecule has 2 aliphatic rings. The van der Waals surface area contributed by atoms with Crippen LogP contribution in [0, 0.1) is 0 Å². The molecule has 24 heavy (non-hydrogen) atoms. The lowest BCUT2D eigenvalue weighted by Crippen LogP contribution is -2.29. The Hall–Kier alpha value is -3.22. The predicted molar refractivity (Wildman–Crippen MR) is 84.3 cm³/mol. The van der Waals surface area contributed by atoms with Crippen LogP contribution in [0.15, 0.2) is 36.4 Å². The number of hydrogen-bond acceptors (Lipinski definition) is 5. The van der Waals surface area contributed by atoms with E-state index in [-0.39, 0.29) is 25.2 Å². The minimum Gasteiger partial charge on any atom is -0.481 e. The molecule has 2 N–H and O–H groups in total. The number of carbonyl (C=O) groups excluding carboxylic acids is 2. The van der Waals surface area contributed by atoms with Crippen LogP contribution in [0.3, 0.4) is 0 Å². The summed E-state index contributed by atoms with van der Waals surface area (Å²) in [7, 11) is 0. The zero-order valence-electron chi connectivity index (χ0n) is 12.6. The van der Waals surface area contributed by atoms with E-state index in [1.165, 1.54) is 0 Å². The first kappa shape index (κ1) is 14.4. The van der Waals surface area contributed by atoms with Crippen molar-refractivity contribution < 1.29 is 23.8 Å². The highest BCUT2D eigenvalue weighted by molar-refractivity contribution is 6.03. The van der Waals surface area contributed by atoms with Crippen molar-refractivity contribution in [2.24, 2.45) is 0 Å². The van der Waals surface area contributed by atoms with Gasteiger partial charge in [-0.2, -0.15) is 0 Å². The Bertz CT molecular complexity index is 834. The van der Waals surface area contributed by atoms with Crippen molar-refractivity contribution in [3.05, 3.63) is 47.5 Å². The van der Waals surface area contributed by atoms with Crippen molar-refractivity contribution >= 4 is 17.5 Å². The van der Waals surface area contributed by atoms with Gasteiger partial charge in [-0.25, -0.2) is 0 Å². The molecule has 0 aromatic heterocycles. The van der Waals surface area contributed by atoms with E-state index in [0.29, 0.717) is 35.0 Å². The number of anilines is 1. The fourth-order valence-corrected chi connectivity index (χ4v) is 2.62. The van der Waals surface area contributed by atoms with Gasteiger partial charge in [0.25, 0.3) is 11.8 Å². The number of ether oxygens (including phenoxy) is 3. The quantitative estimate of drug-likeness (QED) is 0.896. The summed E-state index contributed by atoms with van der Waals surface area (Å²) in [6.07, 6.45) is 0. The molecule has 2 aromatic rings. The highest BCUT2D eigenvalue weighted by atomic mass is 16.7. The first-order chi connectivity index (χ1) is 11.7. The van der Waals surface area contributed by atoms with Crippen molar-refractivity contribution in [3.63, 3.8) is 0 Å². The van der Waals surface area contributed by atoms with Crippen LogP contribution in [0.5, 0.6) is 17.2 Å². The number of carbonyl (C=O) groups is 2. The van der Waals surface area contributed by atoms with Gasteiger partial charge in [0.1, 0.15) is 0 Å². The van der Waals surface area contributed by atoms with Gasteiger partial charge in [-0.1, -0.05) is 12.1 Å². The SMILES string of the molecule is O=C1COc2c(cccc2C(=O)NCc2ccc3c(c2)OCO3)N1. The topological polar surface area (TPSA) is 85.9 Å². The first-order valence-corrected chi connectivity index (χ1v) is 7.43. The van der Waals surface area contributed by atoms with E-state index in [0.717, 1.165) is 5.56 Å². The minimum absolute atomic E-state index is 0.0978. The van der Waals surface area contributed by atoms with E-state index in [1.807, 2.05) is 18.2 Å². The van der Waals surface area contributed by atoms with Crippen LogP contribution in [0.25, 0.3) is 0 Å². The second-order valence-electron chi connectivity index (χ2n) is 5.39. The van der Waals surface area contributed by atoms with Crippen LogP contribution in [0.4, 0.5) is 5.69 Å². The number of rotatable bonds is 3. The second kappa shape index (κ2) is 5.77. The molecule has 2 amide bonds. The molecule has 0 aliphatic carbocycles. The highest BCUT2D eigenvalue weighted by Crippen LogP contribution is 2.33. The molecule has 0 saturated carbocycles. The van der Waals surface area contributed by atoms with Crippen molar-refractivity contribution in [2.45, 2.75) is 6.54 Å². The molecule has 0 fully saturated rings. The van der Waals surface area contributed by atoms with Gasteiger partial charge in [0.15, 0.2) is 23.9 Å². The number of benzene rings is 2. The Morgan fingerprint density at radius 1 is 1.12 bits per heavy atom. The average molecular weight is 326 g/mol. The van der Waals surface area contributed by atoms with E-state index in [2.05, 4.69) is 10.6 Å². The number of para-hydroxylation sites is 1. The van der Waals surface area contributed by atoms with Crippen molar-refractivity contribution in [1.29, 1.82) is 0 Å². The minimum atomic E-state index is -0.277. The van der Waals surface area contributed by atoms with Crippen LogP contribution >= 0.6 is 0 Å². The van der Waals surface area contributed by atoms with Crippen molar-refractivity contribution in [3.8, 4) is 17.2 Å². The molecule has 4 rings (SSSR count). The summed E-state index contributed by atoms with van der Waals surface area (Å²) >= 11 is 0. The number of nitrogens with one attached hydrogen (secondary N) is 2. The van der Waals surface area contributed by atoms with E-state index in [1.54, 1.807) is 18.2 Å². The third-order valence-electron chi connectivity index (χ3n) is 3.77. The molecule has 2 aliphatic heterocycles. The molecule has 122 valence electrons.